The maximum absolute atomic E-state index is 10.6. The van der Waals surface area contributed by atoms with Crippen LogP contribution in [0.2, 0.25) is 0 Å². The van der Waals surface area contributed by atoms with Crippen molar-refractivity contribution in [3.05, 3.63) is 35.9 Å². The third kappa shape index (κ3) is 4.28. The van der Waals surface area contributed by atoms with Gasteiger partial charge in [-0.15, -0.1) is 12.4 Å². The van der Waals surface area contributed by atoms with Crippen molar-refractivity contribution in [1.82, 2.24) is 0 Å². The Hall–Kier alpha value is -0.197. The summed E-state index contributed by atoms with van der Waals surface area (Å²) in [7, 11) is 0. The monoisotopic (exact) mass is 219 g/mol. The molecule has 0 heterocycles. The second kappa shape index (κ2) is 6.51. The minimum atomic E-state index is 0. The topological polar surface area (TPSA) is 17.1 Å². The predicted molar refractivity (Wildman–Crippen MR) is 42.5 cm³/mol. The predicted octanol–water partition coefficient (Wildman–Crippen LogP) is 2.11. The van der Waals surface area contributed by atoms with Crippen molar-refractivity contribution in [2.24, 2.45) is 0 Å². The molecular formula is C8H8ClOZn-. The van der Waals surface area contributed by atoms with Gasteiger partial charge in [0.2, 0.25) is 0 Å². The normalized spacial score (nSPS) is 7.36. The molecule has 0 fully saturated rings. The molecule has 0 saturated carbocycles. The number of hydrogen-bond donors (Lipinski definition) is 0. The summed E-state index contributed by atoms with van der Waals surface area (Å²) in [6, 6.07) is 9.85. The molecule has 56 valence electrons. The van der Waals surface area contributed by atoms with Crippen LogP contribution < -0.4 is 0 Å². The molecular weight excluding hydrogens is 213 g/mol. The second-order valence-corrected chi connectivity index (χ2v) is 1.85. The van der Waals surface area contributed by atoms with Crippen LogP contribution in [0.1, 0.15) is 17.3 Å². The fourth-order valence-electron chi connectivity index (χ4n) is 0.612. The van der Waals surface area contributed by atoms with Crippen molar-refractivity contribution in [2.45, 2.75) is 6.92 Å². The van der Waals surface area contributed by atoms with Gasteiger partial charge < -0.3 is 4.79 Å². The Morgan fingerprint density at radius 1 is 1.55 bits per heavy atom. The Balaban J connectivity index is 0. The molecule has 1 aromatic rings. The number of halogens is 1. The minimum absolute atomic E-state index is 0. The first kappa shape index (κ1) is 13.4. The largest absolute Gasteiger partial charge is 0.309 e. The third-order valence-corrected chi connectivity index (χ3v) is 1.11. The van der Waals surface area contributed by atoms with E-state index in [1.165, 1.54) is 0 Å². The summed E-state index contributed by atoms with van der Waals surface area (Å²) >= 11 is 0. The van der Waals surface area contributed by atoms with Crippen LogP contribution in [0.5, 0.6) is 0 Å². The van der Waals surface area contributed by atoms with Gasteiger partial charge in [-0.2, -0.15) is 30.3 Å². The zero-order valence-corrected chi connectivity index (χ0v) is 10.1. The molecule has 0 aliphatic rings. The summed E-state index contributed by atoms with van der Waals surface area (Å²) in [6.07, 6.45) is 0. The average molecular weight is 221 g/mol. The first-order chi connectivity index (χ1) is 4.30. The van der Waals surface area contributed by atoms with Crippen molar-refractivity contribution >= 4 is 18.2 Å². The van der Waals surface area contributed by atoms with Gasteiger partial charge in [0.05, 0.1) is 0 Å². The molecule has 0 unspecified atom stereocenters. The van der Waals surface area contributed by atoms with Gasteiger partial charge in [0.1, 0.15) is 5.78 Å². The van der Waals surface area contributed by atoms with Crippen LogP contribution in [0.25, 0.3) is 0 Å². The summed E-state index contributed by atoms with van der Waals surface area (Å²) in [6.45, 7) is 1.54. The number of hydrogen-bond acceptors (Lipinski definition) is 1. The zero-order chi connectivity index (χ0) is 6.69. The first-order valence-corrected chi connectivity index (χ1v) is 2.78. The number of benzene rings is 1. The van der Waals surface area contributed by atoms with E-state index in [0.29, 0.717) is 0 Å². The Morgan fingerprint density at radius 3 is 2.45 bits per heavy atom. The Labute approximate surface area is 85.4 Å². The molecule has 3 heteroatoms. The third-order valence-electron chi connectivity index (χ3n) is 1.11. The van der Waals surface area contributed by atoms with E-state index in [1.807, 2.05) is 0 Å². The molecule has 0 N–H and O–H groups in total. The van der Waals surface area contributed by atoms with E-state index in [0.717, 1.165) is 5.56 Å². The van der Waals surface area contributed by atoms with Crippen LogP contribution in [0.4, 0.5) is 0 Å². The summed E-state index contributed by atoms with van der Waals surface area (Å²) in [4.78, 5) is 10.6. The van der Waals surface area contributed by atoms with Gasteiger partial charge in [0.15, 0.2) is 0 Å². The van der Waals surface area contributed by atoms with Crippen LogP contribution in [-0.2, 0) is 19.5 Å². The molecule has 0 bridgehead atoms. The van der Waals surface area contributed by atoms with Crippen LogP contribution in [-0.4, -0.2) is 5.78 Å². The summed E-state index contributed by atoms with van der Waals surface area (Å²) < 4.78 is 0. The van der Waals surface area contributed by atoms with Gasteiger partial charge in [-0.05, 0) is 6.92 Å². The molecule has 1 nitrogen and oxygen atoms in total. The molecule has 0 amide bonds. The fourth-order valence-corrected chi connectivity index (χ4v) is 0.612. The van der Waals surface area contributed by atoms with Crippen LogP contribution in [0.3, 0.4) is 0 Å². The van der Waals surface area contributed by atoms with Crippen molar-refractivity contribution < 1.29 is 24.3 Å². The Bertz CT molecular complexity index is 211. The smallest absolute Gasteiger partial charge is 0.105 e. The maximum atomic E-state index is 10.6. The van der Waals surface area contributed by atoms with Gasteiger partial charge >= 0.3 is 0 Å². The van der Waals surface area contributed by atoms with Crippen molar-refractivity contribution in [3.8, 4) is 0 Å². The summed E-state index contributed by atoms with van der Waals surface area (Å²) in [5.41, 5.74) is 0.720. The standard InChI is InChI=1S/C8H7O.ClH.Zn/c1-7(9)8-5-3-2-4-6-8;;/h2-3,5-6H,1H3;1H;/q-1;;. The van der Waals surface area contributed by atoms with Crippen molar-refractivity contribution in [3.63, 3.8) is 0 Å². The van der Waals surface area contributed by atoms with E-state index >= 15 is 0 Å². The van der Waals surface area contributed by atoms with E-state index in [4.69, 9.17) is 0 Å². The number of carbonyl (C=O) groups is 1. The molecule has 11 heavy (non-hydrogen) atoms. The molecule has 1 rings (SSSR count). The van der Waals surface area contributed by atoms with Crippen LogP contribution in [0.15, 0.2) is 24.3 Å². The number of Topliss-reactive ketones (excluding diaryl/α,β-unsaturated/α-hetero) is 1. The molecule has 0 aliphatic carbocycles. The molecule has 0 atom stereocenters. The molecule has 0 radical (unpaired) electrons. The number of ketones is 1. The number of carbonyl (C=O) groups excluding carboxylic acids is 1. The minimum Gasteiger partial charge on any atom is -0.309 e. The van der Waals surface area contributed by atoms with Gasteiger partial charge in [0.25, 0.3) is 0 Å². The van der Waals surface area contributed by atoms with Crippen LogP contribution in [0, 0.1) is 6.07 Å². The van der Waals surface area contributed by atoms with Gasteiger partial charge in [-0.25, -0.2) is 0 Å². The van der Waals surface area contributed by atoms with E-state index in [1.54, 1.807) is 31.2 Å². The average Bonchev–Trinajstić information content (AvgIpc) is 1.90. The summed E-state index contributed by atoms with van der Waals surface area (Å²) in [5, 5.41) is 0. The fraction of sp³-hybridized carbons (Fsp3) is 0.125. The maximum Gasteiger partial charge on any atom is 0.105 e. The summed E-state index contributed by atoms with van der Waals surface area (Å²) in [5.74, 6) is 0.0897. The van der Waals surface area contributed by atoms with Gasteiger partial charge in [-0.3, -0.25) is 0 Å². The number of rotatable bonds is 1. The van der Waals surface area contributed by atoms with Gasteiger partial charge in [-0.1, -0.05) is 5.56 Å². The Morgan fingerprint density at radius 2 is 2.18 bits per heavy atom. The van der Waals surface area contributed by atoms with E-state index in [9.17, 15) is 4.79 Å². The van der Waals surface area contributed by atoms with E-state index in [-0.39, 0.29) is 37.7 Å². The molecule has 0 saturated heterocycles. The first-order valence-electron chi connectivity index (χ1n) is 2.78. The zero-order valence-electron chi connectivity index (χ0n) is 6.33. The second-order valence-electron chi connectivity index (χ2n) is 1.85. The van der Waals surface area contributed by atoms with Crippen molar-refractivity contribution in [1.29, 1.82) is 0 Å². The molecule has 0 aromatic heterocycles. The molecule has 1 aromatic carbocycles. The quantitative estimate of drug-likeness (QED) is 0.403. The SMILES string of the molecule is CC(=O)c1c[c-]ccc1.Cl.[Zn]. The van der Waals surface area contributed by atoms with E-state index < -0.39 is 0 Å². The van der Waals surface area contributed by atoms with Gasteiger partial charge in [0, 0.05) is 19.5 Å². The molecule has 0 aliphatic heterocycles. The molecule has 0 spiro atoms. The van der Waals surface area contributed by atoms with Crippen LogP contribution >= 0.6 is 12.4 Å². The Kier molecular flexibility index (Phi) is 7.93. The van der Waals surface area contributed by atoms with E-state index in [2.05, 4.69) is 6.07 Å². The van der Waals surface area contributed by atoms with Crippen molar-refractivity contribution in [2.75, 3.05) is 0 Å².